The van der Waals surface area contributed by atoms with Crippen LogP contribution in [0.2, 0.25) is 0 Å². The molecule has 0 atom stereocenters. The summed E-state index contributed by atoms with van der Waals surface area (Å²) in [6.07, 6.45) is 0.904. The van der Waals surface area contributed by atoms with Gasteiger partial charge in [0.15, 0.2) is 11.6 Å². The molecule has 0 saturated carbocycles. The Morgan fingerprint density at radius 1 is 0.733 bits per heavy atom. The SMILES string of the molecule is COCCc1ccc(-c2ccc(C#Cc3ccc4c(F)c(F)ccc4c3)cc2)cc1. The summed E-state index contributed by atoms with van der Waals surface area (Å²) in [6, 6.07) is 24.3. The van der Waals surface area contributed by atoms with Crippen molar-refractivity contribution in [2.24, 2.45) is 0 Å². The zero-order chi connectivity index (χ0) is 20.9. The first-order chi connectivity index (χ1) is 14.6. The van der Waals surface area contributed by atoms with Gasteiger partial charge in [0.2, 0.25) is 0 Å². The normalized spacial score (nSPS) is 10.6. The van der Waals surface area contributed by atoms with Crippen LogP contribution in [0.4, 0.5) is 8.78 Å². The van der Waals surface area contributed by atoms with E-state index in [1.807, 2.05) is 24.3 Å². The molecule has 0 amide bonds. The minimum atomic E-state index is -0.842. The lowest BCUT2D eigenvalue weighted by Crippen LogP contribution is -1.93. The highest BCUT2D eigenvalue weighted by Crippen LogP contribution is 2.22. The minimum Gasteiger partial charge on any atom is -0.384 e. The Morgan fingerprint density at radius 3 is 2.07 bits per heavy atom. The van der Waals surface area contributed by atoms with E-state index in [1.165, 1.54) is 5.56 Å². The van der Waals surface area contributed by atoms with E-state index < -0.39 is 11.6 Å². The van der Waals surface area contributed by atoms with Crippen LogP contribution < -0.4 is 0 Å². The molecule has 148 valence electrons. The molecule has 0 N–H and O–H groups in total. The van der Waals surface area contributed by atoms with Crippen molar-refractivity contribution in [3.8, 4) is 23.0 Å². The number of benzene rings is 4. The fourth-order valence-electron chi connectivity index (χ4n) is 3.32. The highest BCUT2D eigenvalue weighted by Gasteiger charge is 2.06. The molecule has 3 heteroatoms. The topological polar surface area (TPSA) is 9.23 Å². The molecule has 30 heavy (non-hydrogen) atoms. The number of halogens is 2. The third-order valence-corrected chi connectivity index (χ3v) is 5.03. The van der Waals surface area contributed by atoms with Gasteiger partial charge in [0.1, 0.15) is 0 Å². The predicted octanol–water partition coefficient (Wildman–Crippen LogP) is 6.37. The zero-order valence-electron chi connectivity index (χ0n) is 16.6. The maximum Gasteiger partial charge on any atom is 0.166 e. The lowest BCUT2D eigenvalue weighted by atomic mass is 10.0. The first-order valence-electron chi connectivity index (χ1n) is 9.72. The third kappa shape index (κ3) is 4.40. The molecule has 0 fully saturated rings. The summed E-state index contributed by atoms with van der Waals surface area (Å²) in [7, 11) is 1.71. The lowest BCUT2D eigenvalue weighted by Gasteiger charge is -2.05. The molecule has 4 aromatic carbocycles. The zero-order valence-corrected chi connectivity index (χ0v) is 16.6. The first-order valence-corrected chi connectivity index (χ1v) is 9.72. The van der Waals surface area contributed by atoms with E-state index in [1.54, 1.807) is 31.4 Å². The van der Waals surface area contributed by atoms with Crippen molar-refractivity contribution >= 4 is 10.8 Å². The Bertz CT molecular complexity index is 1230. The van der Waals surface area contributed by atoms with Crippen molar-refractivity contribution in [3.63, 3.8) is 0 Å². The standard InChI is InChI=1S/C27H20F2O/c1-30-17-16-20-6-11-23(12-7-20)22-9-4-19(5-10-22)2-3-21-8-14-25-24(18-21)13-15-26(28)27(25)29/h4-15,18H,16-17H2,1H3. The summed E-state index contributed by atoms with van der Waals surface area (Å²) in [5, 5.41) is 0.892. The fraction of sp³-hybridized carbons (Fsp3) is 0.111. The monoisotopic (exact) mass is 398 g/mol. The maximum absolute atomic E-state index is 13.8. The summed E-state index contributed by atoms with van der Waals surface area (Å²) < 4.78 is 32.3. The highest BCUT2D eigenvalue weighted by molar-refractivity contribution is 5.84. The van der Waals surface area contributed by atoms with Crippen LogP contribution in [-0.2, 0) is 11.2 Å². The number of methoxy groups -OCH3 is 1. The van der Waals surface area contributed by atoms with E-state index in [0.29, 0.717) is 5.39 Å². The van der Waals surface area contributed by atoms with Crippen LogP contribution >= 0.6 is 0 Å². The van der Waals surface area contributed by atoms with Crippen molar-refractivity contribution in [1.82, 2.24) is 0 Å². The first kappa shape index (κ1) is 19.8. The van der Waals surface area contributed by atoms with Gasteiger partial charge in [-0.05, 0) is 58.8 Å². The van der Waals surface area contributed by atoms with E-state index >= 15 is 0 Å². The quantitative estimate of drug-likeness (QED) is 0.363. The van der Waals surface area contributed by atoms with Crippen LogP contribution in [0.25, 0.3) is 21.9 Å². The molecule has 0 aliphatic heterocycles. The van der Waals surface area contributed by atoms with Crippen LogP contribution in [-0.4, -0.2) is 13.7 Å². The van der Waals surface area contributed by atoms with Gasteiger partial charge in [0.05, 0.1) is 6.61 Å². The molecule has 0 bridgehead atoms. The molecule has 0 aliphatic carbocycles. The average molecular weight is 398 g/mol. The number of fused-ring (bicyclic) bond motifs is 1. The smallest absolute Gasteiger partial charge is 0.166 e. The Hall–Kier alpha value is -3.48. The van der Waals surface area contributed by atoms with Crippen LogP contribution in [0.5, 0.6) is 0 Å². The molecule has 0 saturated heterocycles. The van der Waals surface area contributed by atoms with Gasteiger partial charge in [-0.1, -0.05) is 60.4 Å². The third-order valence-electron chi connectivity index (χ3n) is 5.03. The maximum atomic E-state index is 13.8. The van der Waals surface area contributed by atoms with Gasteiger partial charge in [0, 0.05) is 23.6 Å². The van der Waals surface area contributed by atoms with E-state index in [-0.39, 0.29) is 5.39 Å². The Labute approximate surface area is 174 Å². The fourth-order valence-corrected chi connectivity index (χ4v) is 3.32. The number of hydrogen-bond acceptors (Lipinski definition) is 1. The van der Waals surface area contributed by atoms with Gasteiger partial charge in [0.25, 0.3) is 0 Å². The molecule has 0 radical (unpaired) electrons. The van der Waals surface area contributed by atoms with Crippen molar-refractivity contribution < 1.29 is 13.5 Å². The Balaban J connectivity index is 1.51. The second kappa shape index (κ2) is 8.90. The molecule has 0 aromatic heterocycles. The molecule has 4 rings (SSSR count). The Kier molecular flexibility index (Phi) is 5.88. The van der Waals surface area contributed by atoms with Crippen LogP contribution in [0.3, 0.4) is 0 Å². The molecule has 0 aliphatic rings. The van der Waals surface area contributed by atoms with Crippen LogP contribution in [0.15, 0.2) is 78.9 Å². The van der Waals surface area contributed by atoms with Gasteiger partial charge in [-0.3, -0.25) is 0 Å². The molecule has 1 nitrogen and oxygen atoms in total. The van der Waals surface area contributed by atoms with Gasteiger partial charge in [-0.2, -0.15) is 0 Å². The van der Waals surface area contributed by atoms with Gasteiger partial charge >= 0.3 is 0 Å². The molecular weight excluding hydrogens is 378 g/mol. The van der Waals surface area contributed by atoms with Gasteiger partial charge in [-0.15, -0.1) is 0 Å². The Morgan fingerprint density at radius 2 is 1.37 bits per heavy atom. The molecule has 0 spiro atoms. The van der Waals surface area contributed by atoms with Gasteiger partial charge < -0.3 is 4.74 Å². The largest absolute Gasteiger partial charge is 0.384 e. The number of ether oxygens (including phenoxy) is 1. The van der Waals surface area contributed by atoms with Crippen molar-refractivity contribution in [1.29, 1.82) is 0 Å². The van der Waals surface area contributed by atoms with Gasteiger partial charge in [-0.25, -0.2) is 8.78 Å². The van der Waals surface area contributed by atoms with E-state index in [9.17, 15) is 8.78 Å². The van der Waals surface area contributed by atoms with Crippen molar-refractivity contribution in [2.75, 3.05) is 13.7 Å². The average Bonchev–Trinajstić information content (AvgIpc) is 2.79. The number of rotatable bonds is 4. The van der Waals surface area contributed by atoms with Crippen LogP contribution in [0.1, 0.15) is 16.7 Å². The second-order valence-electron chi connectivity index (χ2n) is 7.06. The number of hydrogen-bond donors (Lipinski definition) is 0. The summed E-state index contributed by atoms with van der Waals surface area (Å²) in [4.78, 5) is 0. The van der Waals surface area contributed by atoms with E-state index in [4.69, 9.17) is 4.74 Å². The summed E-state index contributed by atoms with van der Waals surface area (Å²) >= 11 is 0. The highest BCUT2D eigenvalue weighted by atomic mass is 19.2. The van der Waals surface area contributed by atoms with Crippen molar-refractivity contribution in [3.05, 3.63) is 107 Å². The van der Waals surface area contributed by atoms with E-state index in [0.717, 1.165) is 41.3 Å². The molecule has 0 heterocycles. The van der Waals surface area contributed by atoms with E-state index in [2.05, 4.69) is 36.1 Å². The summed E-state index contributed by atoms with van der Waals surface area (Å²) in [6.45, 7) is 0.718. The molecular formula is C27H20F2O. The second-order valence-corrected chi connectivity index (χ2v) is 7.06. The summed E-state index contributed by atoms with van der Waals surface area (Å²) in [5.41, 5.74) is 5.17. The molecule has 0 unspecified atom stereocenters. The van der Waals surface area contributed by atoms with Crippen molar-refractivity contribution in [2.45, 2.75) is 6.42 Å². The lowest BCUT2D eigenvalue weighted by molar-refractivity contribution is 0.202. The predicted molar refractivity (Wildman–Crippen MR) is 117 cm³/mol. The minimum absolute atomic E-state index is 0.262. The van der Waals surface area contributed by atoms with Crippen LogP contribution in [0, 0.1) is 23.5 Å². The summed E-state index contributed by atoms with van der Waals surface area (Å²) in [5.74, 6) is 4.56. The molecule has 4 aromatic rings.